The van der Waals surface area contributed by atoms with Gasteiger partial charge < -0.3 is 59.7 Å². The number of nitrogens with one attached hydrogen (secondary N) is 2. The van der Waals surface area contributed by atoms with Crippen LogP contribution in [0.2, 0.25) is 5.02 Å². The number of halogens is 1. The standard InChI is InChI=1S/C65H89ClN6O16S/c1-36(2)45(32-43(89)19-14-13-15-25-72-55(75)27-38(4)60(72)78)59(77)69-46(20-17-24-68-63(67)81)48(73)29-41-22-23-44(49(30-41)83-10)61(79)70(8)40(6)62(80)87-53-33-54(74)71(9)47-28-42(31-50(84-11)57(47)66)26-37(3)18-16-21-52(85-12)65(82)34-51(86-56(76)35-65)39(5)58-64(53,7)88-58/h16,18,21-23,28,30-31,36,38-40,45-46,51-53,58,82H,13-15,17,19-20,24-27,29,32-35H2,1-12H3,(H,69,77)(H3,67,68,81)/b21-16+,37-18+/t38?,39-,40+,45+,46+,51+,52-,53+,58+,64+,65-/m1/s1. The quantitative estimate of drug-likeness (QED) is 0.0253. The van der Waals surface area contributed by atoms with Crippen LogP contribution in [0.1, 0.15) is 141 Å². The van der Waals surface area contributed by atoms with E-state index in [9.17, 15) is 48.3 Å². The van der Waals surface area contributed by atoms with Crippen LogP contribution in [-0.4, -0.2) is 169 Å². The van der Waals surface area contributed by atoms with Crippen molar-refractivity contribution in [3.8, 4) is 11.5 Å². The Morgan fingerprint density at radius 1 is 0.966 bits per heavy atom. The van der Waals surface area contributed by atoms with Crippen LogP contribution in [0.25, 0.3) is 0 Å². The summed E-state index contributed by atoms with van der Waals surface area (Å²) in [6.45, 7) is 12.9. The number of ketones is 1. The summed E-state index contributed by atoms with van der Waals surface area (Å²) in [6, 6.07) is 5.09. The van der Waals surface area contributed by atoms with Crippen LogP contribution in [0.15, 0.2) is 54.1 Å². The Morgan fingerprint density at radius 2 is 1.67 bits per heavy atom. The van der Waals surface area contributed by atoms with Crippen molar-refractivity contribution < 1.29 is 76.7 Å². The van der Waals surface area contributed by atoms with Crippen LogP contribution >= 0.6 is 23.8 Å². The summed E-state index contributed by atoms with van der Waals surface area (Å²) in [5.41, 5.74) is 4.75. The first-order chi connectivity index (χ1) is 42.0. The Kier molecular flexibility index (Phi) is 25.1. The smallest absolute Gasteiger partial charge is 0.328 e. The maximum atomic E-state index is 14.6. The zero-order valence-electron chi connectivity index (χ0n) is 53.3. The molecule has 4 aliphatic heterocycles. The number of amides is 7. The number of hydrogen-bond donors (Lipinski definition) is 4. The number of urea groups is 1. The SMILES string of the molecule is COc1cc(CC(=O)[C@H](CCCNC(N)=O)NC(=O)[C@@H](CC(=S)CCCCCN2C(=O)CC(C)C2=O)C(C)C)ccc1C(=O)N(C)[C@@H](C)C(=O)O[C@H]1CC(=O)N(C)c2cc(cc(OC)c2Cl)C/C(C)=C/C=C/[C@@H](OC)[C@]2(O)CC(=O)O[C@@H](C2)[C@@H](C)[C@@H]2O[C@@]12C. The molecule has 11 atom stereocenters. The summed E-state index contributed by atoms with van der Waals surface area (Å²) >= 11 is 12.6. The van der Waals surface area contributed by atoms with Crippen molar-refractivity contribution in [3.63, 3.8) is 0 Å². The zero-order chi connectivity index (χ0) is 65.8. The highest BCUT2D eigenvalue weighted by Crippen LogP contribution is 2.50. The van der Waals surface area contributed by atoms with Gasteiger partial charge in [-0.05, 0) is 112 Å². The molecule has 24 heteroatoms. The van der Waals surface area contributed by atoms with Gasteiger partial charge in [0.1, 0.15) is 52.1 Å². The van der Waals surface area contributed by atoms with Gasteiger partial charge in [0.15, 0.2) is 5.78 Å². The first-order valence-corrected chi connectivity index (χ1v) is 31.2. The lowest BCUT2D eigenvalue weighted by molar-refractivity contribution is -0.187. The van der Waals surface area contributed by atoms with Gasteiger partial charge in [0, 0.05) is 71.3 Å². The molecule has 4 aliphatic rings. The van der Waals surface area contributed by atoms with E-state index in [0.717, 1.165) is 22.5 Å². The maximum Gasteiger partial charge on any atom is 0.328 e. The highest BCUT2D eigenvalue weighted by atomic mass is 35.5. The Labute approximate surface area is 532 Å². The van der Waals surface area contributed by atoms with Crippen molar-refractivity contribution in [1.82, 2.24) is 20.4 Å². The molecule has 6 rings (SSSR count). The number of esters is 2. The number of carbonyl (C=O) groups is 9. The fraction of sp³-hybridized carbons (Fsp3) is 0.600. The summed E-state index contributed by atoms with van der Waals surface area (Å²) < 4.78 is 35.6. The van der Waals surface area contributed by atoms with E-state index in [2.05, 4.69) is 10.6 Å². The summed E-state index contributed by atoms with van der Waals surface area (Å²) in [7, 11) is 7.20. The molecule has 7 amide bonds. The van der Waals surface area contributed by atoms with Crippen molar-refractivity contribution >= 4 is 87.7 Å². The molecule has 89 heavy (non-hydrogen) atoms. The second-order valence-electron chi connectivity index (χ2n) is 24.7. The van der Waals surface area contributed by atoms with Crippen molar-refractivity contribution in [3.05, 3.63) is 75.8 Å². The Hall–Kier alpha value is -6.79. The topological polar surface area (TPSA) is 292 Å². The number of allylic oxidation sites excluding steroid dienone is 3. The maximum absolute atomic E-state index is 14.6. The summed E-state index contributed by atoms with van der Waals surface area (Å²) in [4.78, 5) is 126. The van der Waals surface area contributed by atoms with Gasteiger partial charge in [-0.25, -0.2) is 9.59 Å². The Bertz CT molecular complexity index is 3060. The number of likely N-dealkylation sites (tertiary alicyclic amines) is 1. The molecule has 0 aliphatic carbocycles. The molecule has 3 fully saturated rings. The highest BCUT2D eigenvalue weighted by Gasteiger charge is 2.64. The van der Waals surface area contributed by atoms with E-state index in [1.54, 1.807) is 51.1 Å². The van der Waals surface area contributed by atoms with Crippen molar-refractivity contribution in [2.45, 2.75) is 180 Å². The van der Waals surface area contributed by atoms with Gasteiger partial charge in [0.05, 0.1) is 50.5 Å². The highest BCUT2D eigenvalue weighted by molar-refractivity contribution is 7.80. The molecule has 0 radical (unpaired) electrons. The van der Waals surface area contributed by atoms with E-state index in [1.165, 1.54) is 64.3 Å². The Morgan fingerprint density at radius 3 is 2.31 bits per heavy atom. The summed E-state index contributed by atoms with van der Waals surface area (Å²) in [5.74, 6) is -4.93. The molecule has 4 heterocycles. The van der Waals surface area contributed by atoms with Crippen LogP contribution in [0.3, 0.4) is 0 Å². The minimum Gasteiger partial charge on any atom is -0.496 e. The molecular formula is C65H89ClN6O16S. The largest absolute Gasteiger partial charge is 0.496 e. The van der Waals surface area contributed by atoms with E-state index < -0.39 is 95.7 Å². The number of nitrogens with two attached hydrogens (primary N) is 1. The van der Waals surface area contributed by atoms with Gasteiger partial charge in [-0.1, -0.05) is 87.8 Å². The molecule has 0 aromatic heterocycles. The number of anilines is 1. The lowest BCUT2D eigenvalue weighted by atomic mass is 9.78. The van der Waals surface area contributed by atoms with Crippen LogP contribution < -0.4 is 30.7 Å². The third kappa shape index (κ3) is 18.0. The molecule has 0 saturated carbocycles. The first-order valence-electron chi connectivity index (χ1n) is 30.4. The van der Waals surface area contributed by atoms with E-state index in [4.69, 9.17) is 58.0 Å². The molecule has 488 valence electrons. The van der Waals surface area contributed by atoms with Crippen LogP contribution in [0, 0.1) is 23.7 Å². The average molecular weight is 1280 g/mol. The number of imide groups is 1. The Balaban J connectivity index is 1.17. The number of methoxy groups -OCH3 is 3. The van der Waals surface area contributed by atoms with E-state index >= 15 is 0 Å². The number of epoxide rings is 1. The third-order valence-electron chi connectivity index (χ3n) is 17.7. The molecule has 1 unspecified atom stereocenters. The fourth-order valence-corrected chi connectivity index (χ4v) is 12.5. The molecule has 3 saturated heterocycles. The lowest BCUT2D eigenvalue weighted by Gasteiger charge is -2.41. The molecular weight excluding hydrogens is 1190 g/mol. The predicted octanol–water partition coefficient (Wildman–Crippen LogP) is 7.12. The number of thiocarbonyl (C=S) groups is 1. The number of Topliss-reactive ketones (excluding diaryl/α,β-unsaturated/α-hetero) is 1. The number of rotatable bonds is 25. The number of primary amides is 1. The van der Waals surface area contributed by atoms with Crippen LogP contribution in [0.5, 0.6) is 11.5 Å². The number of unbranched alkanes of at least 4 members (excludes halogenated alkanes) is 2. The summed E-state index contributed by atoms with van der Waals surface area (Å²) in [5, 5.41) is 17.7. The monoisotopic (exact) mass is 1280 g/mol. The number of hydrogen-bond acceptors (Lipinski definition) is 17. The third-order valence-corrected chi connectivity index (χ3v) is 18.4. The van der Waals surface area contributed by atoms with Crippen LogP contribution in [0.4, 0.5) is 10.5 Å². The minimum absolute atomic E-state index is 0.0193. The molecule has 22 nitrogen and oxygen atoms in total. The number of fused-ring (bicyclic) bond motifs is 5. The van der Waals surface area contributed by atoms with E-state index in [1.807, 2.05) is 26.8 Å². The number of aliphatic hydroxyl groups is 1. The molecule has 0 spiro atoms. The van der Waals surface area contributed by atoms with Crippen molar-refractivity contribution in [1.29, 1.82) is 0 Å². The predicted molar refractivity (Wildman–Crippen MR) is 336 cm³/mol. The number of ether oxygens (including phenoxy) is 6. The zero-order valence-corrected chi connectivity index (χ0v) is 54.8. The van der Waals surface area contributed by atoms with Crippen molar-refractivity contribution in [2.75, 3.05) is 53.4 Å². The molecule has 2 aromatic carbocycles. The van der Waals surface area contributed by atoms with Gasteiger partial charge >= 0.3 is 18.0 Å². The van der Waals surface area contributed by atoms with Crippen molar-refractivity contribution in [2.24, 2.45) is 29.4 Å². The second kappa shape index (κ2) is 31.3. The number of carbonyl (C=O) groups excluding carboxylic acids is 9. The van der Waals surface area contributed by atoms with Gasteiger partial charge in [0.2, 0.25) is 23.6 Å². The summed E-state index contributed by atoms with van der Waals surface area (Å²) in [6.07, 6.45) is 4.54. The first kappa shape index (κ1) is 71.3. The molecule has 2 aromatic rings. The molecule has 5 N–H and O–H groups in total. The number of likely N-dealkylation sites (N-methyl/N-ethyl adjacent to an activating group) is 1. The van der Waals surface area contributed by atoms with Gasteiger partial charge in [0.25, 0.3) is 5.91 Å². The number of nitrogens with zero attached hydrogens (tertiary/aromatic N) is 3. The molecule has 4 bridgehead atoms. The number of benzene rings is 2. The normalized spacial score (nSPS) is 25.8. The average Bonchev–Trinajstić information content (AvgIpc) is 1.61. The van der Waals surface area contributed by atoms with E-state index in [-0.39, 0.29) is 90.3 Å². The van der Waals surface area contributed by atoms with Gasteiger partial charge in [-0.2, -0.15) is 0 Å². The van der Waals surface area contributed by atoms with Crippen LogP contribution in [-0.2, 0) is 65.4 Å². The van der Waals surface area contributed by atoms with Gasteiger partial charge in [-0.15, -0.1) is 0 Å². The van der Waals surface area contributed by atoms with E-state index in [0.29, 0.717) is 66.9 Å². The van der Waals surface area contributed by atoms with Gasteiger partial charge in [-0.3, -0.25) is 38.5 Å². The second-order valence-corrected chi connectivity index (χ2v) is 25.7. The fourth-order valence-electron chi connectivity index (χ4n) is 11.9. The minimum atomic E-state index is -1.67. The lowest BCUT2D eigenvalue weighted by Crippen LogP contribution is -2.53.